The molecule has 3 aromatic heterocycles. The Bertz CT molecular complexity index is 1670. The first-order chi connectivity index (χ1) is 20.1. The summed E-state index contributed by atoms with van der Waals surface area (Å²) in [6, 6.07) is 23.8. The van der Waals surface area contributed by atoms with Gasteiger partial charge in [-0.15, -0.1) is 11.3 Å². The number of pyridine rings is 2. The molecule has 1 saturated carbocycles. The van der Waals surface area contributed by atoms with E-state index in [-0.39, 0.29) is 23.9 Å². The maximum absolute atomic E-state index is 14.2. The molecule has 0 radical (unpaired) electrons. The first-order valence-corrected chi connectivity index (χ1v) is 14.9. The highest BCUT2D eigenvalue weighted by atomic mass is 35.5. The second kappa shape index (κ2) is 12.2. The van der Waals surface area contributed by atoms with Gasteiger partial charge in [0.25, 0.3) is 11.8 Å². The molecule has 206 valence electrons. The predicted octanol–water partition coefficient (Wildman–Crippen LogP) is 7.40. The van der Waals surface area contributed by atoms with Gasteiger partial charge in [-0.2, -0.15) is 0 Å². The largest absolute Gasteiger partial charge is 0.349 e. The van der Waals surface area contributed by atoms with E-state index in [1.54, 1.807) is 36.9 Å². The number of aromatic nitrogens is 2. The molecule has 1 aliphatic rings. The fourth-order valence-electron chi connectivity index (χ4n) is 5.54. The highest BCUT2D eigenvalue weighted by molar-refractivity contribution is 7.21. The number of thiophene rings is 1. The number of carbonyl (C=O) groups excluding carboxylic acids is 2. The third kappa shape index (κ3) is 6.01. The average molecular weight is 581 g/mol. The van der Waals surface area contributed by atoms with E-state index >= 15 is 0 Å². The van der Waals surface area contributed by atoms with Crippen molar-refractivity contribution in [1.29, 1.82) is 0 Å². The summed E-state index contributed by atoms with van der Waals surface area (Å²) in [4.78, 5) is 37.7. The second-order valence-electron chi connectivity index (χ2n) is 10.3. The van der Waals surface area contributed by atoms with E-state index < -0.39 is 0 Å². The Hall–Kier alpha value is -4.07. The zero-order valence-electron chi connectivity index (χ0n) is 22.4. The molecule has 0 unspecified atom stereocenters. The fourth-order valence-corrected chi connectivity index (χ4v) is 7.00. The lowest BCUT2D eigenvalue weighted by atomic mass is 9.89. The van der Waals surface area contributed by atoms with Crippen molar-refractivity contribution < 1.29 is 9.59 Å². The molecule has 2 amide bonds. The van der Waals surface area contributed by atoms with Gasteiger partial charge in [0.05, 0.1) is 10.6 Å². The Labute approximate surface area is 248 Å². The summed E-state index contributed by atoms with van der Waals surface area (Å²) in [6.07, 6.45) is 9.96. The van der Waals surface area contributed by atoms with Gasteiger partial charge in [0.15, 0.2) is 0 Å². The molecule has 0 aliphatic heterocycles. The van der Waals surface area contributed by atoms with Gasteiger partial charge in [-0.05, 0) is 78.8 Å². The number of carbonyl (C=O) groups is 2. The van der Waals surface area contributed by atoms with Crippen molar-refractivity contribution in [2.45, 2.75) is 44.3 Å². The lowest BCUT2D eigenvalue weighted by Crippen LogP contribution is -2.45. The molecule has 2 aromatic carbocycles. The van der Waals surface area contributed by atoms with E-state index in [4.69, 9.17) is 11.6 Å². The Kier molecular flexibility index (Phi) is 8.07. The minimum absolute atomic E-state index is 0.0277. The summed E-state index contributed by atoms with van der Waals surface area (Å²) in [5.41, 5.74) is 3.77. The number of benzene rings is 2. The number of hydrogen-bond donors (Lipinski definition) is 1. The summed E-state index contributed by atoms with van der Waals surface area (Å²) < 4.78 is 1.00. The second-order valence-corrected chi connectivity index (χ2v) is 11.8. The Morgan fingerprint density at radius 2 is 1.68 bits per heavy atom. The highest BCUT2D eigenvalue weighted by Crippen LogP contribution is 2.37. The molecule has 41 heavy (non-hydrogen) atoms. The van der Waals surface area contributed by atoms with Crippen LogP contribution >= 0.6 is 22.9 Å². The SMILES string of the molecule is O=C(NC1CCC(N(Cc2cccc(-c3ccncc3)c2)C(=O)c2sc3ccccc3c2Cl)CC1)c1cccnc1. The van der Waals surface area contributed by atoms with Crippen LogP contribution in [0.2, 0.25) is 5.02 Å². The topological polar surface area (TPSA) is 75.2 Å². The number of fused-ring (bicyclic) bond motifs is 1. The number of nitrogens with one attached hydrogen (secondary N) is 1. The molecule has 6 rings (SSSR count). The molecule has 1 fully saturated rings. The smallest absolute Gasteiger partial charge is 0.266 e. The third-order valence-corrected chi connectivity index (χ3v) is 9.34. The number of amides is 2. The summed E-state index contributed by atoms with van der Waals surface area (Å²) in [6.45, 7) is 0.472. The quantitative estimate of drug-likeness (QED) is 0.218. The summed E-state index contributed by atoms with van der Waals surface area (Å²) in [7, 11) is 0. The third-order valence-electron chi connectivity index (χ3n) is 7.68. The van der Waals surface area contributed by atoms with Crippen LogP contribution in [0.1, 0.15) is 51.3 Å². The molecular weight excluding hydrogens is 552 g/mol. The van der Waals surface area contributed by atoms with Crippen molar-refractivity contribution in [2.75, 3.05) is 0 Å². The van der Waals surface area contributed by atoms with Crippen LogP contribution in [0.25, 0.3) is 21.2 Å². The predicted molar refractivity (Wildman–Crippen MR) is 164 cm³/mol. The van der Waals surface area contributed by atoms with Crippen molar-refractivity contribution in [1.82, 2.24) is 20.2 Å². The van der Waals surface area contributed by atoms with Crippen LogP contribution in [-0.2, 0) is 6.54 Å². The molecule has 6 nitrogen and oxygen atoms in total. The van der Waals surface area contributed by atoms with Gasteiger partial charge in [-0.25, -0.2) is 0 Å². The Morgan fingerprint density at radius 1 is 0.878 bits per heavy atom. The van der Waals surface area contributed by atoms with E-state index in [1.165, 1.54) is 11.3 Å². The van der Waals surface area contributed by atoms with Gasteiger partial charge in [0.1, 0.15) is 4.88 Å². The zero-order chi connectivity index (χ0) is 28.2. The number of hydrogen-bond acceptors (Lipinski definition) is 5. The first kappa shape index (κ1) is 27.1. The van der Waals surface area contributed by atoms with Crippen molar-refractivity contribution in [3.8, 4) is 11.1 Å². The van der Waals surface area contributed by atoms with Crippen LogP contribution in [0.3, 0.4) is 0 Å². The Balaban J connectivity index is 1.24. The lowest BCUT2D eigenvalue weighted by Gasteiger charge is -2.37. The molecule has 0 spiro atoms. The minimum atomic E-state index is -0.112. The number of halogens is 1. The lowest BCUT2D eigenvalue weighted by molar-refractivity contribution is 0.0597. The highest BCUT2D eigenvalue weighted by Gasteiger charge is 2.32. The van der Waals surface area contributed by atoms with Crippen molar-refractivity contribution in [2.24, 2.45) is 0 Å². The molecule has 8 heteroatoms. The molecule has 1 aliphatic carbocycles. The van der Waals surface area contributed by atoms with Gasteiger partial charge in [-0.1, -0.05) is 48.0 Å². The average Bonchev–Trinajstić information content (AvgIpc) is 3.37. The van der Waals surface area contributed by atoms with Crippen molar-refractivity contribution in [3.63, 3.8) is 0 Å². The molecule has 3 heterocycles. The van der Waals surface area contributed by atoms with E-state index in [0.717, 1.165) is 52.5 Å². The van der Waals surface area contributed by atoms with E-state index in [0.29, 0.717) is 22.0 Å². The van der Waals surface area contributed by atoms with Gasteiger partial charge in [-0.3, -0.25) is 19.6 Å². The fraction of sp³-hybridized carbons (Fsp3) is 0.212. The van der Waals surface area contributed by atoms with Gasteiger partial charge < -0.3 is 10.2 Å². The summed E-state index contributed by atoms with van der Waals surface area (Å²) in [5, 5.41) is 4.57. The van der Waals surface area contributed by atoms with Crippen LogP contribution in [0.15, 0.2) is 97.6 Å². The first-order valence-electron chi connectivity index (χ1n) is 13.7. The van der Waals surface area contributed by atoms with E-state index in [9.17, 15) is 9.59 Å². The zero-order valence-corrected chi connectivity index (χ0v) is 23.9. The van der Waals surface area contributed by atoms with Crippen LogP contribution in [0, 0.1) is 0 Å². The maximum atomic E-state index is 14.2. The van der Waals surface area contributed by atoms with Gasteiger partial charge in [0.2, 0.25) is 0 Å². The van der Waals surface area contributed by atoms with E-state index in [1.807, 2.05) is 47.4 Å². The minimum Gasteiger partial charge on any atom is -0.349 e. The van der Waals surface area contributed by atoms with Crippen LogP contribution in [-0.4, -0.2) is 38.8 Å². The molecule has 1 N–H and O–H groups in total. The number of rotatable bonds is 7. The van der Waals surface area contributed by atoms with E-state index in [2.05, 4.69) is 33.5 Å². The molecule has 0 saturated heterocycles. The van der Waals surface area contributed by atoms with Gasteiger partial charge >= 0.3 is 0 Å². The van der Waals surface area contributed by atoms with Gasteiger partial charge in [0, 0.05) is 53.5 Å². The van der Waals surface area contributed by atoms with Crippen LogP contribution in [0.5, 0.6) is 0 Å². The monoisotopic (exact) mass is 580 g/mol. The van der Waals surface area contributed by atoms with Crippen LogP contribution in [0.4, 0.5) is 0 Å². The maximum Gasteiger partial charge on any atom is 0.266 e. The summed E-state index contributed by atoms with van der Waals surface area (Å²) in [5.74, 6) is -0.159. The molecule has 0 atom stereocenters. The summed E-state index contributed by atoms with van der Waals surface area (Å²) >= 11 is 8.23. The standard InChI is InChI=1S/C33H29ClN4O2S/c34-30-28-8-1-2-9-29(28)41-31(30)33(40)38(21-22-5-3-6-24(19-22)23-14-17-35-18-15-23)27-12-10-26(11-13-27)37-32(39)25-7-4-16-36-20-25/h1-9,14-20,26-27H,10-13,21H2,(H,37,39). The number of nitrogens with zero attached hydrogens (tertiary/aromatic N) is 3. The van der Waals surface area contributed by atoms with Crippen molar-refractivity contribution >= 4 is 44.8 Å². The molecular formula is C33H29ClN4O2S. The Morgan fingerprint density at radius 3 is 2.44 bits per heavy atom. The molecule has 5 aromatic rings. The molecule has 0 bridgehead atoms. The van der Waals surface area contributed by atoms with Crippen molar-refractivity contribution in [3.05, 3.63) is 119 Å². The van der Waals surface area contributed by atoms with Crippen LogP contribution < -0.4 is 5.32 Å². The normalized spacial score (nSPS) is 16.8.